The Kier molecular flexibility index (Phi) is 5.83. The highest BCUT2D eigenvalue weighted by Crippen LogP contribution is 2.21. The second kappa shape index (κ2) is 6.81. The summed E-state index contributed by atoms with van der Waals surface area (Å²) < 4.78 is 52.7. The summed E-state index contributed by atoms with van der Waals surface area (Å²) in [4.78, 5) is 0. The predicted octanol–water partition coefficient (Wildman–Crippen LogP) is 2.18. The zero-order valence-corrected chi connectivity index (χ0v) is 13.2. The highest BCUT2D eigenvalue weighted by atomic mass is 32.2. The van der Waals surface area contributed by atoms with E-state index in [1.54, 1.807) is 0 Å². The van der Waals surface area contributed by atoms with E-state index in [0.29, 0.717) is 12.5 Å². The Morgan fingerprint density at radius 1 is 1.29 bits per heavy atom. The third kappa shape index (κ3) is 6.50. The Hall–Kier alpha value is -1.05. The van der Waals surface area contributed by atoms with Crippen molar-refractivity contribution in [3.8, 4) is 0 Å². The summed E-state index contributed by atoms with van der Waals surface area (Å²) >= 11 is 0. The molecule has 0 bridgehead atoms. The highest BCUT2D eigenvalue weighted by Gasteiger charge is 2.24. The van der Waals surface area contributed by atoms with Crippen LogP contribution >= 0.6 is 0 Å². The maximum atomic E-state index is 13.5. The van der Waals surface area contributed by atoms with Crippen molar-refractivity contribution in [2.24, 2.45) is 5.41 Å². The normalized spacial score (nSPS) is 14.2. The van der Waals surface area contributed by atoms with Gasteiger partial charge in [-0.2, -0.15) is 0 Å². The number of benzene rings is 1. The van der Waals surface area contributed by atoms with E-state index in [1.807, 2.05) is 20.8 Å². The first-order chi connectivity index (χ1) is 9.52. The minimum absolute atomic E-state index is 0.114. The van der Waals surface area contributed by atoms with Gasteiger partial charge in [-0.15, -0.1) is 0 Å². The van der Waals surface area contributed by atoms with Gasteiger partial charge >= 0.3 is 0 Å². The van der Waals surface area contributed by atoms with Crippen LogP contribution in [0.3, 0.4) is 0 Å². The lowest BCUT2D eigenvalue weighted by atomic mass is 9.89. The van der Waals surface area contributed by atoms with Crippen LogP contribution in [-0.4, -0.2) is 26.2 Å². The van der Waals surface area contributed by atoms with Gasteiger partial charge in [0.25, 0.3) is 0 Å². The van der Waals surface area contributed by atoms with Crippen LogP contribution in [0.5, 0.6) is 0 Å². The van der Waals surface area contributed by atoms with Crippen LogP contribution in [0.15, 0.2) is 18.2 Å². The minimum Gasteiger partial charge on any atom is -0.395 e. The average Bonchev–Trinajstić information content (AvgIpc) is 2.29. The molecular formula is C14H21F2NO3S. The molecule has 0 fully saturated rings. The van der Waals surface area contributed by atoms with Gasteiger partial charge < -0.3 is 5.11 Å². The molecule has 1 unspecified atom stereocenters. The van der Waals surface area contributed by atoms with E-state index in [4.69, 9.17) is 0 Å². The Morgan fingerprint density at radius 2 is 1.90 bits per heavy atom. The van der Waals surface area contributed by atoms with Gasteiger partial charge in [0.1, 0.15) is 11.6 Å². The lowest BCUT2D eigenvalue weighted by Gasteiger charge is -2.25. The lowest BCUT2D eigenvalue weighted by molar-refractivity contribution is 0.214. The molecule has 1 rings (SSSR count). The molecule has 0 aliphatic heterocycles. The zero-order chi connectivity index (χ0) is 16.3. The third-order valence-electron chi connectivity index (χ3n) is 2.79. The second-order valence-corrected chi connectivity index (χ2v) is 8.01. The van der Waals surface area contributed by atoms with Crippen molar-refractivity contribution in [3.05, 3.63) is 35.4 Å². The first-order valence-corrected chi connectivity index (χ1v) is 8.22. The fraction of sp³-hybridized carbons (Fsp3) is 0.571. The fourth-order valence-electron chi connectivity index (χ4n) is 2.02. The molecule has 0 aliphatic carbocycles. The van der Waals surface area contributed by atoms with Crippen molar-refractivity contribution in [1.29, 1.82) is 0 Å². The monoisotopic (exact) mass is 321 g/mol. The molecule has 1 aromatic carbocycles. The van der Waals surface area contributed by atoms with E-state index in [0.717, 1.165) is 12.1 Å². The number of hydrogen-bond donors (Lipinski definition) is 2. The summed E-state index contributed by atoms with van der Waals surface area (Å²) in [6, 6.07) is 2.11. The van der Waals surface area contributed by atoms with Crippen molar-refractivity contribution < 1.29 is 22.3 Å². The second-order valence-electron chi connectivity index (χ2n) is 6.26. The lowest BCUT2D eigenvalue weighted by Crippen LogP contribution is -2.40. The van der Waals surface area contributed by atoms with Crippen LogP contribution in [0, 0.1) is 17.0 Å². The molecule has 1 aromatic rings. The molecule has 0 saturated carbocycles. The number of aliphatic hydroxyl groups is 1. The van der Waals surface area contributed by atoms with Crippen molar-refractivity contribution in [2.75, 3.05) is 6.61 Å². The molecular weight excluding hydrogens is 300 g/mol. The molecule has 2 N–H and O–H groups in total. The van der Waals surface area contributed by atoms with Crippen LogP contribution in [0.4, 0.5) is 8.78 Å². The summed E-state index contributed by atoms with van der Waals surface area (Å²) in [6.45, 7) is 5.42. The van der Waals surface area contributed by atoms with E-state index >= 15 is 0 Å². The van der Waals surface area contributed by atoms with Crippen LogP contribution in [-0.2, 0) is 15.8 Å². The van der Waals surface area contributed by atoms with Gasteiger partial charge in [0.2, 0.25) is 10.0 Å². The first kappa shape index (κ1) is 18.0. The Balaban J connectivity index is 2.81. The number of nitrogens with one attached hydrogen (secondary N) is 1. The van der Waals surface area contributed by atoms with E-state index in [9.17, 15) is 22.3 Å². The maximum Gasteiger partial charge on any atom is 0.216 e. The summed E-state index contributed by atoms with van der Waals surface area (Å²) in [6.07, 6.45) is 0.439. The molecule has 0 saturated heterocycles. The highest BCUT2D eigenvalue weighted by molar-refractivity contribution is 7.88. The molecule has 0 heterocycles. The van der Waals surface area contributed by atoms with Gasteiger partial charge in [0.05, 0.1) is 12.4 Å². The molecule has 4 nitrogen and oxygen atoms in total. The molecule has 0 radical (unpaired) electrons. The number of sulfonamides is 1. The average molecular weight is 321 g/mol. The molecule has 0 spiro atoms. The Labute approximate surface area is 124 Å². The molecule has 7 heteroatoms. The minimum atomic E-state index is -3.83. The van der Waals surface area contributed by atoms with E-state index in [1.165, 1.54) is 0 Å². The summed E-state index contributed by atoms with van der Waals surface area (Å²) in [5.74, 6) is -2.26. The zero-order valence-electron chi connectivity index (χ0n) is 12.4. The van der Waals surface area contributed by atoms with Crippen LogP contribution in [0.2, 0.25) is 0 Å². The van der Waals surface area contributed by atoms with Gasteiger partial charge in [-0.1, -0.05) is 26.8 Å². The molecule has 1 atom stereocenters. The number of halogens is 2. The van der Waals surface area contributed by atoms with E-state index in [-0.39, 0.29) is 17.6 Å². The van der Waals surface area contributed by atoms with Crippen molar-refractivity contribution >= 4 is 10.0 Å². The number of rotatable bonds is 6. The SMILES string of the molecule is CC(C)(C)CC(CO)NS(=O)(=O)Cc1ccc(F)cc1F. The molecule has 0 amide bonds. The van der Waals surface area contributed by atoms with Gasteiger partial charge in [0, 0.05) is 17.7 Å². The quantitative estimate of drug-likeness (QED) is 0.844. The van der Waals surface area contributed by atoms with Gasteiger partial charge in [-0.25, -0.2) is 21.9 Å². The van der Waals surface area contributed by atoms with Gasteiger partial charge in [0.15, 0.2) is 0 Å². The van der Waals surface area contributed by atoms with Crippen molar-refractivity contribution in [1.82, 2.24) is 4.72 Å². The Bertz CT molecular complexity index is 582. The van der Waals surface area contributed by atoms with Crippen LogP contribution < -0.4 is 4.72 Å². The van der Waals surface area contributed by atoms with Crippen LogP contribution in [0.25, 0.3) is 0 Å². The molecule has 21 heavy (non-hydrogen) atoms. The first-order valence-electron chi connectivity index (χ1n) is 6.57. The smallest absolute Gasteiger partial charge is 0.216 e. The van der Waals surface area contributed by atoms with E-state index in [2.05, 4.69) is 4.72 Å². The summed E-state index contributed by atoms with van der Waals surface area (Å²) in [5.41, 5.74) is -0.284. The molecule has 120 valence electrons. The number of hydrogen-bond acceptors (Lipinski definition) is 3. The number of aliphatic hydroxyl groups excluding tert-OH is 1. The van der Waals surface area contributed by atoms with Crippen LogP contribution in [0.1, 0.15) is 32.8 Å². The summed E-state index contributed by atoms with van der Waals surface area (Å²) in [7, 11) is -3.83. The molecule has 0 aliphatic rings. The van der Waals surface area contributed by atoms with Gasteiger partial charge in [-0.3, -0.25) is 0 Å². The maximum absolute atomic E-state index is 13.5. The Morgan fingerprint density at radius 3 is 2.38 bits per heavy atom. The summed E-state index contributed by atoms with van der Waals surface area (Å²) in [5, 5.41) is 9.26. The van der Waals surface area contributed by atoms with Crippen molar-refractivity contribution in [2.45, 2.75) is 39.0 Å². The topological polar surface area (TPSA) is 66.4 Å². The fourth-order valence-corrected chi connectivity index (χ4v) is 3.41. The largest absolute Gasteiger partial charge is 0.395 e. The third-order valence-corrected chi connectivity index (χ3v) is 4.17. The standard InChI is InChI=1S/C14H21F2NO3S/c1-14(2,3)7-12(8-18)17-21(19,20)9-10-4-5-11(15)6-13(10)16/h4-6,12,17-18H,7-9H2,1-3H3. The predicted molar refractivity (Wildman–Crippen MR) is 77.1 cm³/mol. The molecule has 0 aromatic heterocycles. The van der Waals surface area contributed by atoms with E-state index < -0.39 is 33.5 Å². The van der Waals surface area contributed by atoms with Crippen molar-refractivity contribution in [3.63, 3.8) is 0 Å². The van der Waals surface area contributed by atoms with Gasteiger partial charge in [-0.05, 0) is 17.9 Å².